The predicted octanol–water partition coefficient (Wildman–Crippen LogP) is 2.76. The molecule has 2 fully saturated rings. The van der Waals surface area contributed by atoms with Crippen molar-refractivity contribution >= 4 is 38.9 Å². The van der Waals surface area contributed by atoms with Crippen LogP contribution in [0.3, 0.4) is 0 Å². The molecule has 0 spiro atoms. The molecule has 9 nitrogen and oxygen atoms in total. The number of anilines is 1. The molecule has 3 atom stereocenters. The van der Waals surface area contributed by atoms with E-state index in [0.717, 1.165) is 28.4 Å². The zero-order valence-corrected chi connectivity index (χ0v) is 20.0. The fraction of sp³-hybridized carbons (Fsp3) is 0.550. The van der Waals surface area contributed by atoms with Gasteiger partial charge in [-0.3, -0.25) is 4.79 Å². The van der Waals surface area contributed by atoms with E-state index in [4.69, 9.17) is 27.9 Å². The van der Waals surface area contributed by atoms with Crippen molar-refractivity contribution in [2.45, 2.75) is 36.5 Å². The van der Waals surface area contributed by atoms with E-state index in [0.29, 0.717) is 29.8 Å². The van der Waals surface area contributed by atoms with E-state index >= 15 is 4.39 Å². The Morgan fingerprint density at radius 2 is 2.06 bits per heavy atom. The molecule has 1 N–H and O–H groups in total. The molecular formula is C20H24Cl2FN5O4S. The zero-order valence-electron chi connectivity index (χ0n) is 17.7. The van der Waals surface area contributed by atoms with Crippen LogP contribution in [0.2, 0.25) is 10.0 Å². The van der Waals surface area contributed by atoms with E-state index in [1.807, 2.05) is 0 Å². The number of pyridine rings is 1. The van der Waals surface area contributed by atoms with Crippen LogP contribution in [0.25, 0.3) is 0 Å². The lowest BCUT2D eigenvalue weighted by Gasteiger charge is -2.34. The van der Waals surface area contributed by atoms with Gasteiger partial charge in [0.25, 0.3) is 15.6 Å². The van der Waals surface area contributed by atoms with Gasteiger partial charge in [-0.15, -0.1) is 0 Å². The van der Waals surface area contributed by atoms with Crippen molar-refractivity contribution in [2.75, 3.05) is 38.2 Å². The highest BCUT2D eigenvalue weighted by atomic mass is 35.5. The molecule has 2 saturated heterocycles. The fourth-order valence-corrected chi connectivity index (χ4v) is 5.72. The number of rotatable bonds is 6. The SMILES string of the molecule is O=c1c(Cl)c(NC[C@H]2CCCOC2)cnn1[C@@H]1CCN(S(=O)(=O)c2ccc(Cl)cn2)C[C@@H]1F. The van der Waals surface area contributed by atoms with Crippen LogP contribution >= 0.6 is 23.2 Å². The summed E-state index contributed by atoms with van der Waals surface area (Å²) in [6, 6.07) is 1.75. The number of aromatic nitrogens is 3. The highest BCUT2D eigenvalue weighted by Gasteiger charge is 2.38. The Morgan fingerprint density at radius 1 is 1.24 bits per heavy atom. The standard InChI is InChI=1S/C20H24Cl2FN5O4S/c21-14-3-4-18(25-9-14)33(30,31)27-6-5-17(15(23)11-27)28-20(29)19(22)16(10-26-28)24-8-13-2-1-7-32-12-13/h3-4,9-10,13,15,17,24H,1-2,5-8,11-12H2/t13-,15+,17-/m1/s1. The van der Waals surface area contributed by atoms with Crippen LogP contribution in [0.1, 0.15) is 25.3 Å². The summed E-state index contributed by atoms with van der Waals surface area (Å²) in [6.07, 6.45) is 3.03. The summed E-state index contributed by atoms with van der Waals surface area (Å²) in [4.78, 5) is 16.6. The molecular weight excluding hydrogens is 496 g/mol. The topological polar surface area (TPSA) is 106 Å². The second kappa shape index (κ2) is 10.2. The molecule has 0 unspecified atom stereocenters. The maximum absolute atomic E-state index is 15.1. The Labute approximate surface area is 200 Å². The van der Waals surface area contributed by atoms with Crippen molar-refractivity contribution in [3.63, 3.8) is 0 Å². The lowest BCUT2D eigenvalue weighted by atomic mass is 10.0. The third-order valence-corrected chi connectivity index (χ3v) is 8.24. The first kappa shape index (κ1) is 24.3. The van der Waals surface area contributed by atoms with E-state index < -0.39 is 34.3 Å². The minimum absolute atomic E-state index is 0.00511. The molecule has 180 valence electrons. The minimum Gasteiger partial charge on any atom is -0.382 e. The summed E-state index contributed by atoms with van der Waals surface area (Å²) in [6.45, 7) is 1.57. The van der Waals surface area contributed by atoms with Gasteiger partial charge in [0.1, 0.15) is 11.2 Å². The van der Waals surface area contributed by atoms with Gasteiger partial charge in [0, 0.05) is 32.4 Å². The van der Waals surface area contributed by atoms with Gasteiger partial charge >= 0.3 is 0 Å². The molecule has 0 aliphatic carbocycles. The fourth-order valence-electron chi connectivity index (χ4n) is 4.03. The zero-order chi connectivity index (χ0) is 23.6. The number of nitrogens with one attached hydrogen (secondary N) is 1. The number of hydrogen-bond acceptors (Lipinski definition) is 7. The molecule has 33 heavy (non-hydrogen) atoms. The number of nitrogens with zero attached hydrogens (tertiary/aromatic N) is 4. The first-order valence-electron chi connectivity index (χ1n) is 10.6. The van der Waals surface area contributed by atoms with Crippen LogP contribution < -0.4 is 10.9 Å². The average Bonchev–Trinajstić information content (AvgIpc) is 2.81. The third kappa shape index (κ3) is 5.32. The molecule has 4 heterocycles. The third-order valence-electron chi connectivity index (χ3n) is 5.87. The molecule has 0 amide bonds. The monoisotopic (exact) mass is 519 g/mol. The Bertz CT molecular complexity index is 1140. The van der Waals surface area contributed by atoms with Gasteiger partial charge in [0.05, 0.1) is 29.6 Å². The van der Waals surface area contributed by atoms with Crippen molar-refractivity contribution in [3.05, 3.63) is 44.9 Å². The Hall–Kier alpha value is -1.79. The van der Waals surface area contributed by atoms with E-state index in [-0.39, 0.29) is 23.0 Å². The summed E-state index contributed by atoms with van der Waals surface area (Å²) in [5.74, 6) is 0.314. The number of sulfonamides is 1. The van der Waals surface area contributed by atoms with Crippen molar-refractivity contribution in [3.8, 4) is 0 Å². The van der Waals surface area contributed by atoms with E-state index in [2.05, 4.69) is 15.4 Å². The molecule has 2 aliphatic rings. The van der Waals surface area contributed by atoms with Crippen molar-refractivity contribution < 1.29 is 17.5 Å². The van der Waals surface area contributed by atoms with Crippen molar-refractivity contribution in [2.24, 2.45) is 5.92 Å². The molecule has 0 aromatic carbocycles. The second-order valence-electron chi connectivity index (χ2n) is 8.14. The molecule has 2 aliphatic heterocycles. The van der Waals surface area contributed by atoms with E-state index in [9.17, 15) is 13.2 Å². The van der Waals surface area contributed by atoms with Gasteiger partial charge in [-0.1, -0.05) is 23.2 Å². The first-order chi connectivity index (χ1) is 15.8. The van der Waals surface area contributed by atoms with Crippen LogP contribution in [0, 0.1) is 5.92 Å². The molecule has 0 saturated carbocycles. The number of ether oxygens (including phenoxy) is 1. The first-order valence-corrected chi connectivity index (χ1v) is 12.8. The Morgan fingerprint density at radius 3 is 2.73 bits per heavy atom. The average molecular weight is 520 g/mol. The van der Waals surface area contributed by atoms with E-state index in [1.54, 1.807) is 0 Å². The highest BCUT2D eigenvalue weighted by Crippen LogP contribution is 2.29. The van der Waals surface area contributed by atoms with E-state index in [1.165, 1.54) is 24.5 Å². The summed E-state index contributed by atoms with van der Waals surface area (Å²) >= 11 is 12.0. The Kier molecular flexibility index (Phi) is 7.54. The van der Waals surface area contributed by atoms with Crippen LogP contribution in [-0.4, -0.2) is 66.5 Å². The molecule has 2 aromatic heterocycles. The quantitative estimate of drug-likeness (QED) is 0.625. The largest absolute Gasteiger partial charge is 0.382 e. The molecule has 13 heteroatoms. The van der Waals surface area contributed by atoms with Gasteiger partial charge in [-0.05, 0) is 37.3 Å². The number of halogens is 3. The van der Waals surface area contributed by atoms with Gasteiger partial charge in [-0.25, -0.2) is 22.5 Å². The van der Waals surface area contributed by atoms with Gasteiger partial charge in [-0.2, -0.15) is 9.40 Å². The Balaban J connectivity index is 1.45. The summed E-state index contributed by atoms with van der Waals surface area (Å²) in [5, 5.41) is 7.26. The predicted molar refractivity (Wildman–Crippen MR) is 122 cm³/mol. The highest BCUT2D eigenvalue weighted by molar-refractivity contribution is 7.89. The lowest BCUT2D eigenvalue weighted by molar-refractivity contribution is 0.0595. The van der Waals surface area contributed by atoms with Crippen LogP contribution in [0.4, 0.5) is 10.1 Å². The van der Waals surface area contributed by atoms with Gasteiger partial charge < -0.3 is 10.1 Å². The molecule has 2 aromatic rings. The second-order valence-corrected chi connectivity index (χ2v) is 10.8. The number of hydrogen-bond donors (Lipinski definition) is 1. The smallest absolute Gasteiger partial charge is 0.288 e. The van der Waals surface area contributed by atoms with Gasteiger partial charge in [0.2, 0.25) is 0 Å². The normalized spacial score (nSPS) is 24.5. The number of alkyl halides is 1. The van der Waals surface area contributed by atoms with Crippen LogP contribution in [0.15, 0.2) is 34.3 Å². The maximum atomic E-state index is 15.1. The molecule has 4 rings (SSSR count). The molecule has 0 bridgehead atoms. The summed E-state index contributed by atoms with van der Waals surface area (Å²) in [5.41, 5.74) is -0.238. The van der Waals surface area contributed by atoms with Gasteiger partial charge in [0.15, 0.2) is 5.03 Å². The van der Waals surface area contributed by atoms with Crippen molar-refractivity contribution in [1.29, 1.82) is 0 Å². The van der Waals surface area contributed by atoms with Crippen LogP contribution in [0.5, 0.6) is 0 Å². The maximum Gasteiger partial charge on any atom is 0.288 e. The summed E-state index contributed by atoms with van der Waals surface area (Å²) in [7, 11) is -3.99. The lowest BCUT2D eigenvalue weighted by Crippen LogP contribution is -2.48. The van der Waals surface area contributed by atoms with Crippen LogP contribution in [-0.2, 0) is 14.8 Å². The number of piperidine rings is 1. The minimum atomic E-state index is -3.99. The molecule has 0 radical (unpaired) electrons. The summed E-state index contributed by atoms with van der Waals surface area (Å²) < 4.78 is 48.1. The van der Waals surface area contributed by atoms with Crippen molar-refractivity contribution in [1.82, 2.24) is 19.1 Å².